The van der Waals surface area contributed by atoms with Gasteiger partial charge < -0.3 is 36.3 Å². The molecule has 0 radical (unpaired) electrons. The summed E-state index contributed by atoms with van der Waals surface area (Å²) in [6.07, 6.45) is 5.15. The average molecular weight is 625 g/mol. The Labute approximate surface area is 260 Å². The van der Waals surface area contributed by atoms with E-state index in [9.17, 15) is 19.2 Å². The van der Waals surface area contributed by atoms with Gasteiger partial charge in [0.2, 0.25) is 11.8 Å². The number of nitrogens with zero attached hydrogens (tertiary/aromatic N) is 3. The molecule has 1 aliphatic rings. The van der Waals surface area contributed by atoms with Crippen molar-refractivity contribution in [3.8, 4) is 5.75 Å². The van der Waals surface area contributed by atoms with Crippen molar-refractivity contribution in [1.82, 2.24) is 35.8 Å². The Morgan fingerprint density at radius 1 is 1.18 bits per heavy atom. The second-order valence-corrected chi connectivity index (χ2v) is 12.0. The van der Waals surface area contributed by atoms with Crippen LogP contribution in [-0.2, 0) is 16.0 Å². The van der Waals surface area contributed by atoms with Crippen LogP contribution in [-0.4, -0.2) is 82.3 Å². The maximum atomic E-state index is 13.4. The molecule has 3 heterocycles. The third-order valence-electron chi connectivity index (χ3n) is 6.95. The predicted molar refractivity (Wildman–Crippen MR) is 165 cm³/mol. The molecule has 13 nitrogen and oxygen atoms in total. The summed E-state index contributed by atoms with van der Waals surface area (Å²) in [6, 6.07) is 5.47. The van der Waals surface area contributed by atoms with Gasteiger partial charge in [-0.25, -0.2) is 9.97 Å². The molecule has 1 unspecified atom stereocenters. The summed E-state index contributed by atoms with van der Waals surface area (Å²) in [4.78, 5) is 65.4. The second kappa shape index (κ2) is 16.0. The molecule has 0 fully saturated rings. The number of hydrogen-bond acceptors (Lipinski definition) is 9. The number of carbonyl (C=O) groups is 4. The minimum atomic E-state index is -0.851. The monoisotopic (exact) mass is 624 g/mol. The number of fused-ring (bicyclic) bond motifs is 2. The highest BCUT2D eigenvalue weighted by Gasteiger charge is 2.25. The second-order valence-electron chi connectivity index (χ2n) is 11.1. The van der Waals surface area contributed by atoms with E-state index in [1.54, 1.807) is 35.8 Å². The van der Waals surface area contributed by atoms with Crippen molar-refractivity contribution in [2.45, 2.75) is 51.6 Å². The molecule has 0 saturated heterocycles. The van der Waals surface area contributed by atoms with E-state index in [0.29, 0.717) is 47.3 Å². The van der Waals surface area contributed by atoms with Gasteiger partial charge in [0, 0.05) is 42.3 Å². The maximum absolute atomic E-state index is 13.4. The summed E-state index contributed by atoms with van der Waals surface area (Å²) < 4.78 is 5.75. The van der Waals surface area contributed by atoms with Crippen molar-refractivity contribution in [3.05, 3.63) is 64.1 Å². The van der Waals surface area contributed by atoms with Crippen LogP contribution in [0.2, 0.25) is 0 Å². The smallest absolute Gasteiger partial charge is 0.273 e. The van der Waals surface area contributed by atoms with Gasteiger partial charge in [-0.05, 0) is 43.4 Å². The van der Waals surface area contributed by atoms with Crippen LogP contribution in [0.3, 0.4) is 0 Å². The van der Waals surface area contributed by atoms with E-state index in [1.807, 2.05) is 0 Å². The van der Waals surface area contributed by atoms with E-state index in [0.717, 1.165) is 6.42 Å². The molecule has 4 amide bonds. The Hall–Kier alpha value is -4.30. The van der Waals surface area contributed by atoms with Crippen LogP contribution in [0.4, 0.5) is 0 Å². The number of rotatable bonds is 6. The molecule has 3 aromatic rings. The lowest BCUT2D eigenvalue weighted by molar-refractivity contribution is -0.123. The molecule has 0 aliphatic carbocycles. The fourth-order valence-corrected chi connectivity index (χ4v) is 5.53. The Morgan fingerprint density at radius 3 is 2.80 bits per heavy atom. The summed E-state index contributed by atoms with van der Waals surface area (Å²) in [5.74, 6) is -0.646. The molecule has 4 rings (SSSR count). The van der Waals surface area contributed by atoms with Gasteiger partial charge in [0.1, 0.15) is 29.1 Å². The highest BCUT2D eigenvalue weighted by molar-refractivity contribution is 7.09. The zero-order valence-corrected chi connectivity index (χ0v) is 25.8. The van der Waals surface area contributed by atoms with E-state index in [1.165, 1.54) is 22.6 Å². The number of hydrogen-bond donors (Lipinski definition) is 5. The standard InChI is InChI=1S/C30H40N8O5S/c1-19(2)12-23(31)29-37-25(17-44-29)30(42)38-10-4-3-8-34-28(41)24(14-21-15-32-18-35-21)36-27(40)20-6-5-7-22(13-20)43-11-9-33-26(39)16-38/h5-7,13,15,17-19,23-24H,3-4,8-12,14,16,31H2,1-2H3,(H,32,35)(H,33,39)(H,34,41)(H,36,40)/t23-,24?/m0/s1. The number of aromatic nitrogens is 3. The van der Waals surface area contributed by atoms with Gasteiger partial charge in [-0.1, -0.05) is 19.9 Å². The third kappa shape index (κ3) is 9.61. The van der Waals surface area contributed by atoms with Crippen LogP contribution in [0.15, 0.2) is 42.2 Å². The quantitative estimate of drug-likeness (QED) is 0.275. The van der Waals surface area contributed by atoms with Crippen LogP contribution in [0.25, 0.3) is 0 Å². The fourth-order valence-electron chi connectivity index (χ4n) is 4.72. The molecule has 1 aromatic carbocycles. The molecule has 236 valence electrons. The SMILES string of the molecule is CC(C)C[C@H](N)c1nc(C(=O)N2CCCCNC(=O)C(Cc3cnc[nH]3)NC(=O)c3cccc(c3)OCCNC(=O)C2)cs1. The zero-order valence-electron chi connectivity index (χ0n) is 25.0. The van der Waals surface area contributed by atoms with E-state index in [4.69, 9.17) is 10.5 Å². The normalized spacial score (nSPS) is 18.2. The topological polar surface area (TPSA) is 184 Å². The number of ether oxygens (including phenoxy) is 1. The van der Waals surface area contributed by atoms with Crippen LogP contribution in [0.1, 0.15) is 70.7 Å². The minimum absolute atomic E-state index is 0.152. The highest BCUT2D eigenvalue weighted by Crippen LogP contribution is 2.23. The van der Waals surface area contributed by atoms with Crippen molar-refractivity contribution in [2.24, 2.45) is 11.7 Å². The molecule has 0 saturated carbocycles. The Kier molecular flexibility index (Phi) is 11.8. The number of imidazole rings is 1. The lowest BCUT2D eigenvalue weighted by atomic mass is 10.1. The van der Waals surface area contributed by atoms with Crippen LogP contribution >= 0.6 is 11.3 Å². The van der Waals surface area contributed by atoms with Gasteiger partial charge in [0.25, 0.3) is 11.8 Å². The van der Waals surface area contributed by atoms with Gasteiger partial charge in [-0.15, -0.1) is 11.3 Å². The van der Waals surface area contributed by atoms with Crippen LogP contribution in [0.5, 0.6) is 5.75 Å². The number of H-pyrrole nitrogens is 1. The number of nitrogens with two attached hydrogens (primary N) is 1. The number of amides is 4. The van der Waals surface area contributed by atoms with E-state index in [-0.39, 0.29) is 62.1 Å². The molecule has 6 N–H and O–H groups in total. The third-order valence-corrected chi connectivity index (χ3v) is 7.93. The van der Waals surface area contributed by atoms with Crippen molar-refractivity contribution in [1.29, 1.82) is 0 Å². The first kappa shape index (κ1) is 32.6. The number of thiazole rings is 1. The summed E-state index contributed by atoms with van der Waals surface area (Å²) in [7, 11) is 0. The van der Waals surface area contributed by atoms with Crippen molar-refractivity contribution in [3.63, 3.8) is 0 Å². The molecule has 14 heteroatoms. The molecule has 0 spiro atoms. The first-order valence-corrected chi connectivity index (χ1v) is 15.6. The molecule has 2 aromatic heterocycles. The van der Waals surface area contributed by atoms with Gasteiger partial charge in [-0.3, -0.25) is 19.2 Å². The first-order chi connectivity index (χ1) is 21.2. The van der Waals surface area contributed by atoms with Gasteiger partial charge in [-0.2, -0.15) is 0 Å². The van der Waals surface area contributed by atoms with Gasteiger partial charge in [0.05, 0.1) is 25.5 Å². The molecular weight excluding hydrogens is 584 g/mol. The number of nitrogens with one attached hydrogen (secondary N) is 4. The van der Waals surface area contributed by atoms with Crippen molar-refractivity contribution >= 4 is 35.0 Å². The zero-order chi connectivity index (χ0) is 31.5. The number of carbonyl (C=O) groups excluding carboxylic acids is 4. The first-order valence-electron chi connectivity index (χ1n) is 14.7. The van der Waals surface area contributed by atoms with E-state index >= 15 is 0 Å². The van der Waals surface area contributed by atoms with Gasteiger partial charge in [0.15, 0.2) is 0 Å². The summed E-state index contributed by atoms with van der Waals surface area (Å²) in [5.41, 5.74) is 7.56. The van der Waals surface area contributed by atoms with Crippen molar-refractivity contribution < 1.29 is 23.9 Å². The van der Waals surface area contributed by atoms with Crippen LogP contribution in [0, 0.1) is 5.92 Å². The summed E-state index contributed by atoms with van der Waals surface area (Å²) >= 11 is 1.34. The molecule has 1 aliphatic heterocycles. The number of aromatic amines is 1. The minimum Gasteiger partial charge on any atom is -0.492 e. The van der Waals surface area contributed by atoms with Gasteiger partial charge >= 0.3 is 0 Å². The largest absolute Gasteiger partial charge is 0.492 e. The predicted octanol–water partition coefficient (Wildman–Crippen LogP) is 1.80. The van der Waals surface area contributed by atoms with E-state index in [2.05, 4.69) is 44.7 Å². The van der Waals surface area contributed by atoms with E-state index < -0.39 is 11.9 Å². The van der Waals surface area contributed by atoms with Crippen LogP contribution < -0.4 is 26.4 Å². The molecule has 2 atom stereocenters. The molecule has 44 heavy (non-hydrogen) atoms. The summed E-state index contributed by atoms with van der Waals surface area (Å²) in [5, 5.41) is 10.9. The lowest BCUT2D eigenvalue weighted by Gasteiger charge is -2.22. The highest BCUT2D eigenvalue weighted by atomic mass is 32.1. The Bertz CT molecular complexity index is 1410. The maximum Gasteiger partial charge on any atom is 0.273 e. The molecule has 2 bridgehead atoms. The Morgan fingerprint density at radius 2 is 2.02 bits per heavy atom. The fraction of sp³-hybridized carbons (Fsp3) is 0.467. The lowest BCUT2D eigenvalue weighted by Crippen LogP contribution is -2.48. The number of benzene rings is 1. The van der Waals surface area contributed by atoms with Crippen molar-refractivity contribution in [2.75, 3.05) is 32.8 Å². The Balaban J connectivity index is 1.47. The molecular formula is C30H40N8O5S. The summed E-state index contributed by atoms with van der Waals surface area (Å²) in [6.45, 7) is 4.95. The average Bonchev–Trinajstić information content (AvgIpc) is 3.70.